The Hall–Kier alpha value is -3.87. The number of nitro benzene ring substituents is 1. The summed E-state index contributed by atoms with van der Waals surface area (Å²) in [5, 5.41) is 17.5. The number of aryl methyl sites for hydroxylation is 1. The van der Waals surface area contributed by atoms with Crippen LogP contribution in [0.4, 0.5) is 28.4 Å². The Bertz CT molecular complexity index is 1050. The van der Waals surface area contributed by atoms with Crippen LogP contribution >= 0.6 is 0 Å². The molecule has 0 radical (unpaired) electrons. The molecule has 0 saturated carbocycles. The molecule has 3 aromatic carbocycles. The minimum atomic E-state index is -0.487. The van der Waals surface area contributed by atoms with Gasteiger partial charge in [-0.1, -0.05) is 29.8 Å². The largest absolute Gasteiger partial charge is 0.372 e. The van der Waals surface area contributed by atoms with E-state index < -0.39 is 10.8 Å². The molecule has 0 aliphatic carbocycles. The van der Waals surface area contributed by atoms with Gasteiger partial charge in [0.05, 0.1) is 16.3 Å². The Morgan fingerprint density at radius 1 is 0.966 bits per heavy atom. The van der Waals surface area contributed by atoms with Crippen molar-refractivity contribution < 1.29 is 9.72 Å². The highest BCUT2D eigenvalue weighted by Gasteiger charge is 2.19. The molecule has 7 nitrogen and oxygen atoms in total. The van der Waals surface area contributed by atoms with Crippen LogP contribution in [-0.4, -0.2) is 24.9 Å². The molecule has 0 aliphatic rings. The van der Waals surface area contributed by atoms with Gasteiger partial charge in [0, 0.05) is 31.4 Å². The Kier molecular flexibility index (Phi) is 5.78. The number of para-hydroxylation sites is 2. The Balaban J connectivity index is 1.85. The van der Waals surface area contributed by atoms with Gasteiger partial charge in [-0.25, -0.2) is 0 Å². The number of nitrogens with one attached hydrogen (secondary N) is 2. The number of carbonyl (C=O) groups excluding carboxylic acids is 1. The van der Waals surface area contributed by atoms with Gasteiger partial charge in [-0.3, -0.25) is 14.9 Å². The summed E-state index contributed by atoms with van der Waals surface area (Å²) in [5.74, 6) is -0.420. The van der Waals surface area contributed by atoms with E-state index in [-0.39, 0.29) is 11.3 Å². The molecule has 0 heterocycles. The number of hydrogen-bond donors (Lipinski definition) is 2. The summed E-state index contributed by atoms with van der Waals surface area (Å²) in [5.41, 5.74) is 3.89. The topological polar surface area (TPSA) is 87.5 Å². The van der Waals surface area contributed by atoms with Gasteiger partial charge in [0.2, 0.25) is 0 Å². The Labute approximate surface area is 169 Å². The average molecular weight is 390 g/mol. The number of carbonyl (C=O) groups is 1. The minimum absolute atomic E-state index is 0.117. The molecule has 1 amide bonds. The van der Waals surface area contributed by atoms with Gasteiger partial charge < -0.3 is 15.5 Å². The van der Waals surface area contributed by atoms with E-state index in [0.29, 0.717) is 11.4 Å². The second kappa shape index (κ2) is 8.43. The molecule has 3 aromatic rings. The van der Waals surface area contributed by atoms with Crippen LogP contribution < -0.4 is 15.5 Å². The van der Waals surface area contributed by atoms with Gasteiger partial charge in [-0.2, -0.15) is 0 Å². The van der Waals surface area contributed by atoms with Crippen LogP contribution in [0.25, 0.3) is 0 Å². The van der Waals surface area contributed by atoms with Crippen molar-refractivity contribution in [3.63, 3.8) is 0 Å². The van der Waals surface area contributed by atoms with Crippen LogP contribution in [0.3, 0.4) is 0 Å². The normalized spacial score (nSPS) is 10.3. The Morgan fingerprint density at radius 3 is 2.24 bits per heavy atom. The quantitative estimate of drug-likeness (QED) is 0.458. The first kappa shape index (κ1) is 19.9. The fourth-order valence-corrected chi connectivity index (χ4v) is 2.88. The zero-order valence-electron chi connectivity index (χ0n) is 16.5. The first-order valence-electron chi connectivity index (χ1n) is 9.05. The second-order valence-corrected chi connectivity index (χ2v) is 6.85. The van der Waals surface area contributed by atoms with Crippen molar-refractivity contribution in [3.8, 4) is 0 Å². The van der Waals surface area contributed by atoms with E-state index in [4.69, 9.17) is 0 Å². The lowest BCUT2D eigenvalue weighted by Crippen LogP contribution is -2.15. The molecule has 0 fully saturated rings. The number of nitro groups is 1. The van der Waals surface area contributed by atoms with E-state index in [0.717, 1.165) is 16.9 Å². The standard InChI is InChI=1S/C22H22N4O3/c1-15-8-11-17(12-9-15)23-18-6-4-5-7-19(18)24-22(27)16-10-13-20(25(2)3)21(14-16)26(28)29/h4-14,23H,1-3H3,(H,24,27). The van der Waals surface area contributed by atoms with E-state index in [2.05, 4.69) is 10.6 Å². The predicted molar refractivity (Wildman–Crippen MR) is 116 cm³/mol. The highest BCUT2D eigenvalue weighted by atomic mass is 16.6. The maximum atomic E-state index is 12.7. The maximum Gasteiger partial charge on any atom is 0.293 e. The van der Waals surface area contributed by atoms with Gasteiger partial charge in [-0.05, 0) is 43.3 Å². The predicted octanol–water partition coefficient (Wildman–Crippen LogP) is 4.97. The zero-order valence-corrected chi connectivity index (χ0v) is 16.5. The van der Waals surface area contributed by atoms with Gasteiger partial charge >= 0.3 is 0 Å². The van der Waals surface area contributed by atoms with Gasteiger partial charge in [0.1, 0.15) is 5.69 Å². The number of amides is 1. The van der Waals surface area contributed by atoms with E-state index >= 15 is 0 Å². The summed E-state index contributed by atoms with van der Waals surface area (Å²) in [6.07, 6.45) is 0. The molecule has 148 valence electrons. The summed E-state index contributed by atoms with van der Waals surface area (Å²) in [4.78, 5) is 25.3. The molecule has 0 aromatic heterocycles. The van der Waals surface area contributed by atoms with Crippen molar-refractivity contribution in [2.75, 3.05) is 29.6 Å². The molecule has 0 aliphatic heterocycles. The van der Waals surface area contributed by atoms with Gasteiger partial charge in [0.25, 0.3) is 11.6 Å². The minimum Gasteiger partial charge on any atom is -0.372 e. The lowest BCUT2D eigenvalue weighted by molar-refractivity contribution is -0.384. The van der Waals surface area contributed by atoms with Crippen LogP contribution in [0.1, 0.15) is 15.9 Å². The fourth-order valence-electron chi connectivity index (χ4n) is 2.88. The third kappa shape index (κ3) is 4.70. The van der Waals surface area contributed by atoms with Crippen molar-refractivity contribution in [1.82, 2.24) is 0 Å². The highest BCUT2D eigenvalue weighted by molar-refractivity contribution is 6.06. The summed E-state index contributed by atoms with van der Waals surface area (Å²) >= 11 is 0. The summed E-state index contributed by atoms with van der Waals surface area (Å²) in [6.45, 7) is 2.01. The lowest BCUT2D eigenvalue weighted by Gasteiger charge is -2.15. The molecule has 0 bridgehead atoms. The number of benzene rings is 3. The first-order valence-corrected chi connectivity index (χ1v) is 9.05. The monoisotopic (exact) mass is 390 g/mol. The molecule has 7 heteroatoms. The molecule has 3 rings (SSSR count). The third-order valence-electron chi connectivity index (χ3n) is 4.42. The van der Waals surface area contributed by atoms with Crippen molar-refractivity contribution in [3.05, 3.63) is 88.0 Å². The van der Waals surface area contributed by atoms with Crippen LogP contribution in [0.15, 0.2) is 66.7 Å². The molecule has 0 spiro atoms. The van der Waals surface area contributed by atoms with Crippen molar-refractivity contribution in [2.24, 2.45) is 0 Å². The average Bonchev–Trinajstić information content (AvgIpc) is 2.70. The summed E-state index contributed by atoms with van der Waals surface area (Å²) < 4.78 is 0. The molecular formula is C22H22N4O3. The molecule has 0 atom stereocenters. The smallest absolute Gasteiger partial charge is 0.293 e. The fraction of sp³-hybridized carbons (Fsp3) is 0.136. The molecule has 0 saturated heterocycles. The first-order chi connectivity index (χ1) is 13.8. The second-order valence-electron chi connectivity index (χ2n) is 6.85. The highest BCUT2D eigenvalue weighted by Crippen LogP contribution is 2.29. The van der Waals surface area contributed by atoms with E-state index in [1.165, 1.54) is 6.07 Å². The van der Waals surface area contributed by atoms with E-state index in [9.17, 15) is 14.9 Å². The number of anilines is 4. The molecule has 2 N–H and O–H groups in total. The number of nitrogens with zero attached hydrogens (tertiary/aromatic N) is 2. The molecule has 29 heavy (non-hydrogen) atoms. The number of hydrogen-bond acceptors (Lipinski definition) is 5. The number of rotatable bonds is 6. The summed E-state index contributed by atoms with van der Waals surface area (Å²) in [7, 11) is 3.43. The van der Waals surface area contributed by atoms with Crippen molar-refractivity contribution >= 4 is 34.3 Å². The van der Waals surface area contributed by atoms with Crippen LogP contribution in [0.5, 0.6) is 0 Å². The van der Waals surface area contributed by atoms with Crippen LogP contribution in [0, 0.1) is 17.0 Å². The molecule has 0 unspecified atom stereocenters. The van der Waals surface area contributed by atoms with Gasteiger partial charge in [-0.15, -0.1) is 0 Å². The SMILES string of the molecule is Cc1ccc(Nc2ccccc2NC(=O)c2ccc(N(C)C)c([N+](=O)[O-])c2)cc1. The van der Waals surface area contributed by atoms with Crippen molar-refractivity contribution in [1.29, 1.82) is 0 Å². The van der Waals surface area contributed by atoms with Crippen LogP contribution in [0.2, 0.25) is 0 Å². The molecular weight excluding hydrogens is 368 g/mol. The van der Waals surface area contributed by atoms with Crippen LogP contribution in [-0.2, 0) is 0 Å². The van der Waals surface area contributed by atoms with Gasteiger partial charge in [0.15, 0.2) is 0 Å². The van der Waals surface area contributed by atoms with Crippen molar-refractivity contribution in [2.45, 2.75) is 6.92 Å². The lowest BCUT2D eigenvalue weighted by atomic mass is 10.1. The van der Waals surface area contributed by atoms with E-state index in [1.807, 2.05) is 49.4 Å². The Morgan fingerprint density at radius 2 is 1.62 bits per heavy atom. The third-order valence-corrected chi connectivity index (χ3v) is 4.42. The summed E-state index contributed by atoms with van der Waals surface area (Å²) in [6, 6.07) is 19.6. The van der Waals surface area contributed by atoms with E-state index in [1.54, 1.807) is 37.2 Å². The zero-order chi connectivity index (χ0) is 21.0. The maximum absolute atomic E-state index is 12.7.